The van der Waals surface area contributed by atoms with Crippen LogP contribution in [0.1, 0.15) is 29.8 Å². The topological polar surface area (TPSA) is 29.5 Å². The number of thiophene rings is 1. The number of benzene rings is 2. The van der Waals surface area contributed by atoms with Crippen LogP contribution in [0, 0.1) is 5.82 Å². The van der Waals surface area contributed by atoms with Crippen LogP contribution in [0.2, 0.25) is 0 Å². The lowest BCUT2D eigenvalue weighted by atomic mass is 9.95. The predicted molar refractivity (Wildman–Crippen MR) is 81.2 cm³/mol. The van der Waals surface area contributed by atoms with Gasteiger partial charge in [0.1, 0.15) is 17.7 Å². The Morgan fingerprint density at radius 1 is 1.14 bits per heavy atom. The van der Waals surface area contributed by atoms with Gasteiger partial charge in [-0.2, -0.15) is 0 Å². The highest BCUT2D eigenvalue weighted by atomic mass is 32.1. The summed E-state index contributed by atoms with van der Waals surface area (Å²) in [4.78, 5) is 0. The van der Waals surface area contributed by atoms with E-state index in [0.29, 0.717) is 17.7 Å². The molecule has 1 aliphatic rings. The molecule has 2 aromatic carbocycles. The molecule has 4 rings (SSSR count). The number of rotatable bonds is 1. The smallest absolute Gasteiger partial charge is 0.128 e. The normalized spacial score (nSPS) is 21.0. The number of fused-ring (bicyclic) bond motifs is 2. The van der Waals surface area contributed by atoms with Crippen molar-refractivity contribution < 1.29 is 14.2 Å². The Labute approximate surface area is 125 Å². The molecule has 0 amide bonds. The number of ether oxygens (including phenoxy) is 1. The minimum absolute atomic E-state index is 0.200. The van der Waals surface area contributed by atoms with Crippen molar-refractivity contribution in [2.75, 3.05) is 0 Å². The number of halogens is 1. The highest BCUT2D eigenvalue weighted by Gasteiger charge is 2.29. The second kappa shape index (κ2) is 4.83. The summed E-state index contributed by atoms with van der Waals surface area (Å²) in [6.45, 7) is 0. The molecule has 3 aromatic rings. The van der Waals surface area contributed by atoms with Gasteiger partial charge in [-0.1, -0.05) is 18.2 Å². The zero-order valence-corrected chi connectivity index (χ0v) is 11.9. The summed E-state index contributed by atoms with van der Waals surface area (Å²) in [6, 6.07) is 12.5. The molecule has 1 aromatic heterocycles. The van der Waals surface area contributed by atoms with Crippen LogP contribution >= 0.6 is 11.3 Å². The van der Waals surface area contributed by atoms with E-state index in [9.17, 15) is 9.50 Å². The van der Waals surface area contributed by atoms with Gasteiger partial charge in [0.15, 0.2) is 0 Å². The molecule has 0 aliphatic carbocycles. The summed E-state index contributed by atoms with van der Waals surface area (Å²) in [5.41, 5.74) is 1.62. The van der Waals surface area contributed by atoms with Gasteiger partial charge in [0.2, 0.25) is 0 Å². The van der Waals surface area contributed by atoms with Crippen molar-refractivity contribution in [3.8, 4) is 5.75 Å². The fourth-order valence-electron chi connectivity index (χ4n) is 2.86. The fourth-order valence-corrected chi connectivity index (χ4v) is 3.86. The highest BCUT2D eigenvalue weighted by Crippen LogP contribution is 2.43. The maximum Gasteiger partial charge on any atom is 0.128 e. The molecule has 0 saturated heterocycles. The van der Waals surface area contributed by atoms with Gasteiger partial charge < -0.3 is 9.84 Å². The Hall–Kier alpha value is -1.91. The molecule has 106 valence electrons. The molecule has 4 heteroatoms. The molecule has 2 nitrogen and oxygen atoms in total. The van der Waals surface area contributed by atoms with E-state index in [1.807, 2.05) is 12.1 Å². The van der Waals surface area contributed by atoms with Crippen LogP contribution in [0.15, 0.2) is 47.8 Å². The van der Waals surface area contributed by atoms with E-state index in [0.717, 1.165) is 10.9 Å². The zero-order chi connectivity index (χ0) is 14.4. The van der Waals surface area contributed by atoms with Gasteiger partial charge in [0.05, 0.1) is 6.10 Å². The van der Waals surface area contributed by atoms with Crippen molar-refractivity contribution in [1.82, 2.24) is 0 Å². The second-order valence-electron chi connectivity index (χ2n) is 5.23. The van der Waals surface area contributed by atoms with Crippen LogP contribution < -0.4 is 4.74 Å². The van der Waals surface area contributed by atoms with Crippen LogP contribution in [0.5, 0.6) is 5.75 Å². The molecule has 0 bridgehead atoms. The van der Waals surface area contributed by atoms with E-state index in [4.69, 9.17) is 4.74 Å². The SMILES string of the molecule is OC1CC(c2csc3ccccc23)Oc2ccc(F)cc21. The number of hydrogen-bond acceptors (Lipinski definition) is 3. The molecular formula is C17H13FO2S. The molecule has 2 heterocycles. The largest absolute Gasteiger partial charge is 0.485 e. The van der Waals surface area contributed by atoms with E-state index in [1.54, 1.807) is 17.4 Å². The Kier molecular flexibility index (Phi) is 2.94. The average molecular weight is 300 g/mol. The standard InChI is InChI=1S/C17H13FO2S/c18-10-5-6-15-12(7-10)14(19)8-16(20-15)13-9-21-17-4-2-1-3-11(13)17/h1-7,9,14,16,19H,8H2. The van der Waals surface area contributed by atoms with Gasteiger partial charge in [-0.05, 0) is 35.0 Å². The minimum atomic E-state index is -0.701. The molecule has 1 N–H and O–H groups in total. The van der Waals surface area contributed by atoms with Crippen molar-refractivity contribution in [2.24, 2.45) is 0 Å². The third kappa shape index (κ3) is 2.11. The minimum Gasteiger partial charge on any atom is -0.485 e. The molecule has 1 aliphatic heterocycles. The van der Waals surface area contributed by atoms with Gasteiger partial charge in [-0.3, -0.25) is 0 Å². The van der Waals surface area contributed by atoms with Gasteiger partial charge >= 0.3 is 0 Å². The molecule has 21 heavy (non-hydrogen) atoms. The van der Waals surface area contributed by atoms with Crippen molar-refractivity contribution >= 4 is 21.4 Å². The third-order valence-electron chi connectivity index (χ3n) is 3.90. The fraction of sp³-hybridized carbons (Fsp3) is 0.176. The van der Waals surface area contributed by atoms with Crippen molar-refractivity contribution in [1.29, 1.82) is 0 Å². The van der Waals surface area contributed by atoms with Crippen LogP contribution in [0.25, 0.3) is 10.1 Å². The molecule has 2 atom stereocenters. The van der Waals surface area contributed by atoms with Crippen molar-refractivity contribution in [3.63, 3.8) is 0 Å². The van der Waals surface area contributed by atoms with Crippen LogP contribution in [-0.4, -0.2) is 5.11 Å². The van der Waals surface area contributed by atoms with Gasteiger partial charge in [-0.25, -0.2) is 4.39 Å². The van der Waals surface area contributed by atoms with Crippen LogP contribution in [-0.2, 0) is 0 Å². The Morgan fingerprint density at radius 3 is 2.90 bits per heavy atom. The Balaban J connectivity index is 1.76. The number of aliphatic hydroxyl groups excluding tert-OH is 1. The maximum atomic E-state index is 13.3. The maximum absolute atomic E-state index is 13.3. The molecule has 0 saturated carbocycles. The lowest BCUT2D eigenvalue weighted by molar-refractivity contribution is 0.0662. The Morgan fingerprint density at radius 2 is 2.00 bits per heavy atom. The summed E-state index contributed by atoms with van der Waals surface area (Å²) in [6.07, 6.45) is -0.459. The van der Waals surface area contributed by atoms with Crippen LogP contribution in [0.3, 0.4) is 0 Å². The summed E-state index contributed by atoms with van der Waals surface area (Å²) < 4.78 is 20.5. The van der Waals surface area contributed by atoms with Gasteiger partial charge in [-0.15, -0.1) is 11.3 Å². The number of hydrogen-bond donors (Lipinski definition) is 1. The first-order valence-electron chi connectivity index (χ1n) is 6.82. The first-order chi connectivity index (χ1) is 10.2. The zero-order valence-electron chi connectivity index (χ0n) is 11.1. The summed E-state index contributed by atoms with van der Waals surface area (Å²) >= 11 is 1.67. The Bertz CT molecular complexity index is 811. The van der Waals surface area contributed by atoms with E-state index < -0.39 is 6.10 Å². The highest BCUT2D eigenvalue weighted by molar-refractivity contribution is 7.17. The first-order valence-corrected chi connectivity index (χ1v) is 7.70. The molecule has 2 unspecified atom stereocenters. The quantitative estimate of drug-likeness (QED) is 0.712. The second-order valence-corrected chi connectivity index (χ2v) is 6.14. The van der Waals surface area contributed by atoms with Gasteiger partial charge in [0.25, 0.3) is 0 Å². The van der Waals surface area contributed by atoms with Gasteiger partial charge in [0, 0.05) is 22.2 Å². The van der Waals surface area contributed by atoms with Crippen molar-refractivity contribution in [3.05, 3.63) is 64.8 Å². The van der Waals surface area contributed by atoms with E-state index in [1.165, 1.54) is 16.8 Å². The first kappa shape index (κ1) is 12.8. The van der Waals surface area contributed by atoms with E-state index in [-0.39, 0.29) is 11.9 Å². The number of aliphatic hydroxyl groups is 1. The predicted octanol–water partition coefficient (Wildman–Crippen LogP) is 4.60. The summed E-state index contributed by atoms with van der Waals surface area (Å²) in [5, 5.41) is 13.5. The summed E-state index contributed by atoms with van der Waals surface area (Å²) in [5.74, 6) is 0.214. The van der Waals surface area contributed by atoms with Crippen molar-refractivity contribution in [2.45, 2.75) is 18.6 Å². The average Bonchev–Trinajstić information content (AvgIpc) is 2.92. The van der Waals surface area contributed by atoms with Crippen LogP contribution in [0.4, 0.5) is 4.39 Å². The summed E-state index contributed by atoms with van der Waals surface area (Å²) in [7, 11) is 0. The monoisotopic (exact) mass is 300 g/mol. The molecule has 0 fully saturated rings. The molecular weight excluding hydrogens is 287 g/mol. The molecule has 0 radical (unpaired) electrons. The lowest BCUT2D eigenvalue weighted by Crippen LogP contribution is -2.19. The molecule has 0 spiro atoms. The third-order valence-corrected chi connectivity index (χ3v) is 4.88. The lowest BCUT2D eigenvalue weighted by Gasteiger charge is -2.29. The van der Waals surface area contributed by atoms with E-state index in [2.05, 4.69) is 17.5 Å². The van der Waals surface area contributed by atoms with E-state index >= 15 is 0 Å².